The first-order chi connectivity index (χ1) is 12.6. The van der Waals surface area contributed by atoms with Gasteiger partial charge in [0.05, 0.1) is 11.5 Å². The molecule has 1 unspecified atom stereocenters. The Balaban J connectivity index is 1.87. The van der Waals surface area contributed by atoms with Crippen molar-refractivity contribution in [3.63, 3.8) is 0 Å². The van der Waals surface area contributed by atoms with Gasteiger partial charge in [-0.3, -0.25) is 14.4 Å². The van der Waals surface area contributed by atoms with Crippen molar-refractivity contribution in [2.24, 2.45) is 0 Å². The molecule has 2 amide bonds. The maximum atomic E-state index is 12.6. The average Bonchev–Trinajstić information content (AvgIpc) is 2.61. The summed E-state index contributed by atoms with van der Waals surface area (Å²) in [5.74, 6) is -0.592. The molecule has 1 aromatic carbocycles. The summed E-state index contributed by atoms with van der Waals surface area (Å²) in [6.07, 6.45) is 1.96. The highest BCUT2D eigenvalue weighted by atomic mass is 32.2. The van der Waals surface area contributed by atoms with Crippen molar-refractivity contribution in [1.29, 1.82) is 0 Å². The molecule has 7 nitrogen and oxygen atoms in total. The number of fused-ring (bicyclic) bond motifs is 1. The Morgan fingerprint density at radius 1 is 1.31 bits per heavy atom. The Morgan fingerprint density at radius 2 is 2.08 bits per heavy atom. The molecular weight excluding hydrogens is 352 g/mol. The van der Waals surface area contributed by atoms with Gasteiger partial charge in [0.25, 0.3) is 5.56 Å². The van der Waals surface area contributed by atoms with E-state index in [0.29, 0.717) is 10.8 Å². The Hall–Kier alpha value is -2.61. The molecule has 136 valence electrons. The van der Waals surface area contributed by atoms with Crippen molar-refractivity contribution in [2.45, 2.75) is 37.3 Å². The minimum Gasteiger partial charge on any atom is -0.326 e. The van der Waals surface area contributed by atoms with E-state index in [1.165, 1.54) is 11.8 Å². The predicted octanol–water partition coefficient (Wildman–Crippen LogP) is 2.73. The van der Waals surface area contributed by atoms with Gasteiger partial charge in [-0.05, 0) is 18.6 Å². The number of thioether (sulfide) groups is 1. The number of aromatic nitrogens is 2. The van der Waals surface area contributed by atoms with Crippen LogP contribution in [0.1, 0.15) is 37.7 Å². The third-order valence-electron chi connectivity index (χ3n) is 4.02. The van der Waals surface area contributed by atoms with E-state index in [9.17, 15) is 14.4 Å². The number of H-pyrrole nitrogens is 1. The van der Waals surface area contributed by atoms with E-state index >= 15 is 0 Å². The summed E-state index contributed by atoms with van der Waals surface area (Å²) in [6.45, 7) is 2.08. The summed E-state index contributed by atoms with van der Waals surface area (Å²) in [5.41, 5.74) is 0.432. The third-order valence-corrected chi connectivity index (χ3v) is 4.98. The molecule has 8 heteroatoms. The number of carbonyl (C=O) groups is 2. The third kappa shape index (κ3) is 4.13. The molecule has 3 N–H and O–H groups in total. The van der Waals surface area contributed by atoms with Crippen molar-refractivity contribution >= 4 is 35.1 Å². The van der Waals surface area contributed by atoms with Gasteiger partial charge in [-0.2, -0.15) is 0 Å². The SMILES string of the molecule is CCCCSc1nc2c(c(=O)[nH]1)C(C(=O)Nc1ccccc1)CC(=O)N2. The highest BCUT2D eigenvalue weighted by molar-refractivity contribution is 7.99. The average molecular weight is 372 g/mol. The molecule has 1 atom stereocenters. The molecule has 1 aliphatic rings. The number of benzene rings is 1. The molecule has 1 aliphatic heterocycles. The lowest BCUT2D eigenvalue weighted by Crippen LogP contribution is -2.36. The molecule has 26 heavy (non-hydrogen) atoms. The van der Waals surface area contributed by atoms with Gasteiger partial charge in [0, 0.05) is 17.9 Å². The summed E-state index contributed by atoms with van der Waals surface area (Å²) in [6, 6.07) is 8.93. The number of rotatable bonds is 6. The van der Waals surface area contributed by atoms with Crippen LogP contribution in [-0.4, -0.2) is 27.5 Å². The minimum atomic E-state index is -0.870. The van der Waals surface area contributed by atoms with Crippen LogP contribution in [0.15, 0.2) is 40.3 Å². The fourth-order valence-electron chi connectivity index (χ4n) is 2.71. The second-order valence-corrected chi connectivity index (χ2v) is 7.08. The first-order valence-corrected chi connectivity index (χ1v) is 9.49. The van der Waals surface area contributed by atoms with Crippen molar-refractivity contribution in [1.82, 2.24) is 9.97 Å². The van der Waals surface area contributed by atoms with Gasteiger partial charge < -0.3 is 15.6 Å². The van der Waals surface area contributed by atoms with Crippen LogP contribution in [-0.2, 0) is 9.59 Å². The van der Waals surface area contributed by atoms with Gasteiger partial charge in [0.15, 0.2) is 5.16 Å². The van der Waals surface area contributed by atoms with Crippen LogP contribution in [0.4, 0.5) is 11.5 Å². The second-order valence-electron chi connectivity index (χ2n) is 6.00. The quantitative estimate of drug-likeness (QED) is 0.411. The normalized spacial score (nSPS) is 15.9. The van der Waals surface area contributed by atoms with Crippen LogP contribution in [0.3, 0.4) is 0 Å². The van der Waals surface area contributed by atoms with E-state index in [2.05, 4.69) is 27.5 Å². The molecule has 0 spiro atoms. The van der Waals surface area contributed by atoms with Crippen molar-refractivity contribution < 1.29 is 9.59 Å². The van der Waals surface area contributed by atoms with Crippen molar-refractivity contribution in [2.75, 3.05) is 16.4 Å². The number of aromatic amines is 1. The summed E-state index contributed by atoms with van der Waals surface area (Å²) < 4.78 is 0. The maximum absolute atomic E-state index is 12.6. The maximum Gasteiger partial charge on any atom is 0.257 e. The van der Waals surface area contributed by atoms with Crippen LogP contribution in [0.25, 0.3) is 0 Å². The number of hydrogen-bond acceptors (Lipinski definition) is 5. The number of anilines is 2. The van der Waals surface area contributed by atoms with Crippen LogP contribution < -0.4 is 16.2 Å². The van der Waals surface area contributed by atoms with E-state index in [1.54, 1.807) is 24.3 Å². The molecule has 3 rings (SSSR count). The van der Waals surface area contributed by atoms with Gasteiger partial charge in [-0.15, -0.1) is 0 Å². The van der Waals surface area contributed by atoms with Crippen LogP contribution in [0.5, 0.6) is 0 Å². The zero-order chi connectivity index (χ0) is 18.5. The zero-order valence-corrected chi connectivity index (χ0v) is 15.2. The van der Waals surface area contributed by atoms with Crippen LogP contribution in [0, 0.1) is 0 Å². The molecule has 2 aromatic rings. The standard InChI is InChI=1S/C18H20N4O3S/c1-2-3-9-26-18-21-15-14(17(25)22-18)12(10-13(23)20-15)16(24)19-11-7-5-4-6-8-11/h4-8,12H,2-3,9-10H2,1H3,(H,19,24)(H2,20,21,22,23,25). The summed E-state index contributed by atoms with van der Waals surface area (Å²) in [4.78, 5) is 44.3. The van der Waals surface area contributed by atoms with Gasteiger partial charge >= 0.3 is 0 Å². The van der Waals surface area contributed by atoms with E-state index in [0.717, 1.165) is 18.6 Å². The molecule has 1 aromatic heterocycles. The summed E-state index contributed by atoms with van der Waals surface area (Å²) in [7, 11) is 0. The number of carbonyl (C=O) groups excluding carboxylic acids is 2. The molecule has 0 aliphatic carbocycles. The molecule has 2 heterocycles. The predicted molar refractivity (Wildman–Crippen MR) is 102 cm³/mol. The summed E-state index contributed by atoms with van der Waals surface area (Å²) in [5, 5.41) is 5.82. The lowest BCUT2D eigenvalue weighted by molar-refractivity contribution is -0.123. The van der Waals surface area contributed by atoms with E-state index in [-0.39, 0.29) is 29.3 Å². The zero-order valence-electron chi connectivity index (χ0n) is 14.4. The first-order valence-electron chi connectivity index (χ1n) is 8.51. The number of para-hydroxylation sites is 1. The number of amides is 2. The lowest BCUT2D eigenvalue weighted by atomic mass is 9.92. The number of unbranched alkanes of at least 4 members (excludes halogenated alkanes) is 1. The number of hydrogen-bond donors (Lipinski definition) is 3. The smallest absolute Gasteiger partial charge is 0.257 e. The molecule has 0 bridgehead atoms. The highest BCUT2D eigenvalue weighted by Gasteiger charge is 2.34. The lowest BCUT2D eigenvalue weighted by Gasteiger charge is -2.23. The van der Waals surface area contributed by atoms with E-state index in [1.807, 2.05) is 6.07 Å². The Labute approximate surface area is 155 Å². The highest BCUT2D eigenvalue weighted by Crippen LogP contribution is 2.30. The van der Waals surface area contributed by atoms with Gasteiger partial charge in [-0.25, -0.2) is 4.98 Å². The molecular formula is C18H20N4O3S. The van der Waals surface area contributed by atoms with Gasteiger partial charge in [-0.1, -0.05) is 43.3 Å². The second kappa shape index (κ2) is 8.18. The topological polar surface area (TPSA) is 104 Å². The molecule has 0 saturated heterocycles. The van der Waals surface area contributed by atoms with Gasteiger partial charge in [0.1, 0.15) is 5.82 Å². The number of nitrogens with one attached hydrogen (secondary N) is 3. The molecule has 0 fully saturated rings. The fraction of sp³-hybridized carbons (Fsp3) is 0.333. The van der Waals surface area contributed by atoms with E-state index < -0.39 is 11.8 Å². The largest absolute Gasteiger partial charge is 0.326 e. The first kappa shape index (κ1) is 18.2. The number of nitrogens with zero attached hydrogens (tertiary/aromatic N) is 1. The van der Waals surface area contributed by atoms with Crippen LogP contribution in [0.2, 0.25) is 0 Å². The van der Waals surface area contributed by atoms with E-state index in [4.69, 9.17) is 0 Å². The minimum absolute atomic E-state index is 0.0846. The Morgan fingerprint density at radius 3 is 2.81 bits per heavy atom. The van der Waals surface area contributed by atoms with Crippen molar-refractivity contribution in [3.05, 3.63) is 46.2 Å². The Bertz CT molecular complexity index is 866. The van der Waals surface area contributed by atoms with Gasteiger partial charge in [0.2, 0.25) is 11.8 Å². The molecule has 0 saturated carbocycles. The Kier molecular flexibility index (Phi) is 5.72. The summed E-state index contributed by atoms with van der Waals surface area (Å²) >= 11 is 1.43. The van der Waals surface area contributed by atoms with Crippen molar-refractivity contribution in [3.8, 4) is 0 Å². The fourth-order valence-corrected chi connectivity index (χ4v) is 3.65. The monoisotopic (exact) mass is 372 g/mol. The van der Waals surface area contributed by atoms with Crippen LogP contribution >= 0.6 is 11.8 Å². The molecule has 0 radical (unpaired) electrons.